The van der Waals surface area contributed by atoms with Crippen LogP contribution in [0.15, 0.2) is 54.6 Å². The lowest BCUT2D eigenvalue weighted by atomic mass is 10.1. The van der Waals surface area contributed by atoms with Crippen molar-refractivity contribution in [3.05, 3.63) is 71.4 Å². The topological polar surface area (TPSA) is 34.5 Å². The van der Waals surface area contributed by atoms with Gasteiger partial charge in [0.25, 0.3) is 5.91 Å². The zero-order valence-corrected chi connectivity index (χ0v) is 16.6. The zero-order valence-electron chi connectivity index (χ0n) is 16.6. The number of unbranched alkanes of at least 4 members (excludes halogenated alkanes) is 1. The Labute approximate surface area is 166 Å². The maximum Gasteiger partial charge on any atom is 0.256 e. The number of nitrogens with zero attached hydrogens (tertiary/aromatic N) is 2. The molecule has 4 heteroatoms. The van der Waals surface area contributed by atoms with Crippen molar-refractivity contribution in [1.29, 1.82) is 0 Å². The summed E-state index contributed by atoms with van der Waals surface area (Å²) < 4.78 is 7.74. The number of rotatable bonds is 6. The Morgan fingerprint density at radius 3 is 2.46 bits per heavy atom. The number of benzene rings is 2. The third-order valence-electron chi connectivity index (χ3n) is 5.68. The predicted molar refractivity (Wildman–Crippen MR) is 113 cm³/mol. The molecule has 0 radical (unpaired) electrons. The zero-order chi connectivity index (χ0) is 19.3. The number of morpholine rings is 1. The molecule has 1 aliphatic rings. The molecule has 1 aliphatic heterocycles. The van der Waals surface area contributed by atoms with Crippen LogP contribution in [-0.2, 0) is 17.7 Å². The predicted octanol–water partition coefficient (Wildman–Crippen LogP) is 4.45. The quantitative estimate of drug-likeness (QED) is 0.596. The fourth-order valence-electron chi connectivity index (χ4n) is 4.16. The van der Waals surface area contributed by atoms with Gasteiger partial charge in [0.1, 0.15) is 0 Å². The minimum atomic E-state index is 0.139. The summed E-state index contributed by atoms with van der Waals surface area (Å²) in [4.78, 5) is 15.1. The lowest BCUT2D eigenvalue weighted by molar-refractivity contribution is 0.0303. The summed E-state index contributed by atoms with van der Waals surface area (Å²) in [6.07, 6.45) is 3.33. The van der Waals surface area contributed by atoms with Gasteiger partial charge in [-0.25, -0.2) is 0 Å². The summed E-state index contributed by atoms with van der Waals surface area (Å²) in [5, 5.41) is 1.07. The molecule has 4 rings (SSSR count). The van der Waals surface area contributed by atoms with Crippen LogP contribution in [0.2, 0.25) is 0 Å². The highest BCUT2D eigenvalue weighted by Gasteiger charge is 2.25. The molecular weight excluding hydrogens is 348 g/mol. The number of hydrogen-bond donors (Lipinski definition) is 0. The van der Waals surface area contributed by atoms with Crippen molar-refractivity contribution in [2.75, 3.05) is 26.3 Å². The summed E-state index contributed by atoms with van der Waals surface area (Å²) in [6, 6.07) is 18.9. The number of carbonyl (C=O) groups is 1. The third kappa shape index (κ3) is 3.83. The summed E-state index contributed by atoms with van der Waals surface area (Å²) in [5.74, 6) is 0.139. The van der Waals surface area contributed by atoms with Crippen LogP contribution in [0.3, 0.4) is 0 Å². The maximum absolute atomic E-state index is 13.2. The van der Waals surface area contributed by atoms with Crippen molar-refractivity contribution in [2.45, 2.75) is 32.7 Å². The van der Waals surface area contributed by atoms with Crippen molar-refractivity contribution in [3.8, 4) is 0 Å². The smallest absolute Gasteiger partial charge is 0.256 e. The SMILES string of the molecule is Cc1c(C(=O)N2CCOCC2)c2ccccc2n1CCCCc1ccccc1. The fraction of sp³-hybridized carbons (Fsp3) is 0.375. The van der Waals surface area contributed by atoms with Crippen LogP contribution in [0.4, 0.5) is 0 Å². The molecular formula is C24H28N2O2. The Hall–Kier alpha value is -2.59. The standard InChI is InChI=1S/C24H28N2O2/c1-19-23(24(27)25-15-17-28-18-16-25)21-12-5-6-13-22(21)26(19)14-8-7-11-20-9-3-2-4-10-20/h2-6,9-10,12-13H,7-8,11,14-18H2,1H3. The van der Waals surface area contributed by atoms with Crippen LogP contribution >= 0.6 is 0 Å². The second kappa shape index (κ2) is 8.61. The number of aryl methyl sites for hydroxylation is 2. The maximum atomic E-state index is 13.2. The number of hydrogen-bond acceptors (Lipinski definition) is 2. The first-order valence-corrected chi connectivity index (χ1v) is 10.2. The molecule has 0 bridgehead atoms. The van der Waals surface area contributed by atoms with E-state index in [0.717, 1.165) is 48.0 Å². The second-order valence-corrected chi connectivity index (χ2v) is 7.48. The summed E-state index contributed by atoms with van der Waals surface area (Å²) in [7, 11) is 0. The lowest BCUT2D eigenvalue weighted by Crippen LogP contribution is -2.40. The van der Waals surface area contributed by atoms with Crippen molar-refractivity contribution in [3.63, 3.8) is 0 Å². The Morgan fingerprint density at radius 2 is 1.68 bits per heavy atom. The molecule has 0 spiro atoms. The molecule has 0 N–H and O–H groups in total. The molecule has 28 heavy (non-hydrogen) atoms. The largest absolute Gasteiger partial charge is 0.378 e. The van der Waals surface area contributed by atoms with Gasteiger partial charge >= 0.3 is 0 Å². The molecule has 1 aromatic heterocycles. The van der Waals surface area contributed by atoms with Crippen LogP contribution in [0, 0.1) is 6.92 Å². The molecule has 1 amide bonds. The number of carbonyl (C=O) groups excluding carboxylic acids is 1. The monoisotopic (exact) mass is 376 g/mol. The summed E-state index contributed by atoms with van der Waals surface area (Å²) in [5.41, 5.74) is 4.49. The Bertz CT molecular complexity index is 940. The first-order valence-electron chi connectivity index (χ1n) is 10.2. The van der Waals surface area contributed by atoms with Crippen LogP contribution < -0.4 is 0 Å². The van der Waals surface area contributed by atoms with E-state index in [0.29, 0.717) is 26.3 Å². The van der Waals surface area contributed by atoms with E-state index in [1.54, 1.807) is 0 Å². The molecule has 1 saturated heterocycles. The van der Waals surface area contributed by atoms with Gasteiger partial charge in [-0.2, -0.15) is 0 Å². The molecule has 0 saturated carbocycles. The minimum Gasteiger partial charge on any atom is -0.378 e. The highest BCUT2D eigenvalue weighted by molar-refractivity contribution is 6.08. The first-order chi connectivity index (χ1) is 13.8. The average Bonchev–Trinajstić information content (AvgIpc) is 3.03. The Kier molecular flexibility index (Phi) is 5.77. The van der Waals surface area contributed by atoms with Crippen LogP contribution in [-0.4, -0.2) is 41.7 Å². The number of para-hydroxylation sites is 1. The van der Waals surface area contributed by atoms with Crippen LogP contribution in [0.5, 0.6) is 0 Å². The normalized spacial score (nSPS) is 14.5. The molecule has 1 fully saturated rings. The summed E-state index contributed by atoms with van der Waals surface area (Å²) in [6.45, 7) is 5.63. The highest BCUT2D eigenvalue weighted by atomic mass is 16.5. The molecule has 2 heterocycles. The van der Waals surface area contributed by atoms with E-state index in [4.69, 9.17) is 4.74 Å². The van der Waals surface area contributed by atoms with Gasteiger partial charge in [0, 0.05) is 36.2 Å². The number of ether oxygens (including phenoxy) is 1. The van der Waals surface area contributed by atoms with Gasteiger partial charge in [0.2, 0.25) is 0 Å². The van der Waals surface area contributed by atoms with Gasteiger partial charge in [-0.3, -0.25) is 4.79 Å². The Balaban J connectivity index is 1.53. The van der Waals surface area contributed by atoms with Gasteiger partial charge in [-0.1, -0.05) is 48.5 Å². The first kappa shape index (κ1) is 18.8. The van der Waals surface area contributed by atoms with E-state index in [2.05, 4.69) is 60.0 Å². The summed E-state index contributed by atoms with van der Waals surface area (Å²) >= 11 is 0. The lowest BCUT2D eigenvalue weighted by Gasteiger charge is -2.27. The van der Waals surface area contributed by atoms with E-state index < -0.39 is 0 Å². The van der Waals surface area contributed by atoms with E-state index >= 15 is 0 Å². The Morgan fingerprint density at radius 1 is 0.964 bits per heavy atom. The van der Waals surface area contributed by atoms with Crippen molar-refractivity contribution in [1.82, 2.24) is 9.47 Å². The van der Waals surface area contributed by atoms with Gasteiger partial charge in [-0.15, -0.1) is 0 Å². The van der Waals surface area contributed by atoms with Gasteiger partial charge in [-0.05, 0) is 37.8 Å². The second-order valence-electron chi connectivity index (χ2n) is 7.48. The third-order valence-corrected chi connectivity index (χ3v) is 5.68. The molecule has 0 aliphatic carbocycles. The van der Waals surface area contributed by atoms with Gasteiger partial charge in [0.05, 0.1) is 18.8 Å². The van der Waals surface area contributed by atoms with Gasteiger partial charge < -0.3 is 14.2 Å². The van der Waals surface area contributed by atoms with Crippen molar-refractivity contribution in [2.24, 2.45) is 0 Å². The number of aromatic nitrogens is 1. The number of fused-ring (bicyclic) bond motifs is 1. The van der Waals surface area contributed by atoms with E-state index in [9.17, 15) is 4.79 Å². The highest BCUT2D eigenvalue weighted by Crippen LogP contribution is 2.28. The van der Waals surface area contributed by atoms with E-state index in [-0.39, 0.29) is 5.91 Å². The molecule has 2 aromatic carbocycles. The van der Waals surface area contributed by atoms with Crippen LogP contribution in [0.1, 0.15) is 34.5 Å². The molecule has 0 atom stereocenters. The van der Waals surface area contributed by atoms with Crippen molar-refractivity contribution >= 4 is 16.8 Å². The molecule has 0 unspecified atom stereocenters. The van der Waals surface area contributed by atoms with E-state index in [1.165, 1.54) is 5.56 Å². The number of amides is 1. The minimum absolute atomic E-state index is 0.139. The van der Waals surface area contributed by atoms with Gasteiger partial charge in [0.15, 0.2) is 0 Å². The van der Waals surface area contributed by atoms with E-state index in [1.807, 2.05) is 11.0 Å². The molecule has 3 aromatic rings. The molecule has 4 nitrogen and oxygen atoms in total. The fourth-order valence-corrected chi connectivity index (χ4v) is 4.16. The molecule has 146 valence electrons. The van der Waals surface area contributed by atoms with Crippen LogP contribution in [0.25, 0.3) is 10.9 Å². The average molecular weight is 377 g/mol. The van der Waals surface area contributed by atoms with Crippen molar-refractivity contribution < 1.29 is 9.53 Å².